The highest BCUT2D eigenvalue weighted by atomic mass is 16.3. The van der Waals surface area contributed by atoms with Gasteiger partial charge in [0.1, 0.15) is 5.69 Å². The third-order valence-corrected chi connectivity index (χ3v) is 3.51. The second kappa shape index (κ2) is 12.4. The van der Waals surface area contributed by atoms with Gasteiger partial charge in [0.15, 0.2) is 0 Å². The number of hydrogen-bond acceptors (Lipinski definition) is 3. The standard InChI is InChI=1S/C17H20N2O.2C2H6/c1-12-9-16(10-13(2)17(12)19-20)11-15-5-3-14(4-6-15)7-8-18;2*1-2/h3-6,9-10H,7-8,11,18H2,1-2H3;2*1-2H3. The van der Waals surface area contributed by atoms with Gasteiger partial charge in [-0.05, 0) is 66.2 Å². The summed E-state index contributed by atoms with van der Waals surface area (Å²) in [5, 5.41) is 3.09. The van der Waals surface area contributed by atoms with E-state index in [1.165, 1.54) is 16.7 Å². The first-order chi connectivity index (χ1) is 11.6. The summed E-state index contributed by atoms with van der Waals surface area (Å²) in [7, 11) is 0. The van der Waals surface area contributed by atoms with Crippen molar-refractivity contribution in [1.29, 1.82) is 0 Å². The van der Waals surface area contributed by atoms with Crippen LogP contribution in [0.15, 0.2) is 41.6 Å². The maximum Gasteiger partial charge on any atom is 0.113 e. The molecule has 2 aromatic rings. The molecule has 3 nitrogen and oxygen atoms in total. The van der Waals surface area contributed by atoms with E-state index in [9.17, 15) is 4.91 Å². The van der Waals surface area contributed by atoms with Crippen LogP contribution < -0.4 is 5.73 Å². The molecule has 132 valence electrons. The van der Waals surface area contributed by atoms with E-state index in [0.717, 1.165) is 24.0 Å². The molecule has 0 aliphatic rings. The maximum atomic E-state index is 10.8. The molecular weight excluding hydrogens is 296 g/mol. The summed E-state index contributed by atoms with van der Waals surface area (Å²) in [4.78, 5) is 10.8. The van der Waals surface area contributed by atoms with Gasteiger partial charge in [-0.3, -0.25) is 0 Å². The zero-order valence-electron chi connectivity index (χ0n) is 16.0. The first kappa shape index (κ1) is 22.0. The van der Waals surface area contributed by atoms with E-state index in [-0.39, 0.29) is 0 Å². The van der Waals surface area contributed by atoms with E-state index in [0.29, 0.717) is 12.2 Å². The number of nitrogens with two attached hydrogens (primary N) is 1. The van der Waals surface area contributed by atoms with Crippen molar-refractivity contribution in [3.63, 3.8) is 0 Å². The molecule has 0 bridgehead atoms. The SMILES string of the molecule is CC.CC.Cc1cc(Cc2ccc(CCN)cc2)cc(C)c1N=O. The fourth-order valence-corrected chi connectivity index (χ4v) is 2.52. The molecule has 0 aliphatic heterocycles. The summed E-state index contributed by atoms with van der Waals surface area (Å²) < 4.78 is 0. The Kier molecular flexibility index (Phi) is 11.4. The third kappa shape index (κ3) is 6.63. The van der Waals surface area contributed by atoms with Crippen LogP contribution in [0.4, 0.5) is 5.69 Å². The van der Waals surface area contributed by atoms with Crippen molar-refractivity contribution < 1.29 is 0 Å². The number of rotatable bonds is 5. The summed E-state index contributed by atoms with van der Waals surface area (Å²) in [6.07, 6.45) is 1.78. The van der Waals surface area contributed by atoms with Crippen LogP contribution in [0.1, 0.15) is 55.5 Å². The summed E-state index contributed by atoms with van der Waals surface area (Å²) in [5.74, 6) is 0. The highest BCUT2D eigenvalue weighted by Crippen LogP contribution is 2.26. The Balaban J connectivity index is 0.00000123. The molecule has 0 amide bonds. The van der Waals surface area contributed by atoms with Gasteiger partial charge in [0.05, 0.1) is 0 Å². The molecule has 0 aliphatic carbocycles. The van der Waals surface area contributed by atoms with Crippen molar-refractivity contribution in [1.82, 2.24) is 0 Å². The van der Waals surface area contributed by atoms with E-state index in [1.807, 2.05) is 53.7 Å². The molecule has 0 saturated heterocycles. The average molecular weight is 329 g/mol. The Morgan fingerprint density at radius 3 is 1.71 bits per heavy atom. The minimum Gasteiger partial charge on any atom is -0.330 e. The molecular formula is C21H32N2O. The van der Waals surface area contributed by atoms with Crippen LogP contribution in [-0.2, 0) is 12.8 Å². The lowest BCUT2D eigenvalue weighted by atomic mass is 9.98. The average Bonchev–Trinajstić information content (AvgIpc) is 2.60. The number of aryl methyl sites for hydroxylation is 2. The summed E-state index contributed by atoms with van der Waals surface area (Å²) in [5.41, 5.74) is 11.7. The van der Waals surface area contributed by atoms with Gasteiger partial charge in [-0.2, -0.15) is 0 Å². The van der Waals surface area contributed by atoms with E-state index in [4.69, 9.17) is 5.73 Å². The van der Waals surface area contributed by atoms with Crippen molar-refractivity contribution in [3.05, 3.63) is 69.1 Å². The van der Waals surface area contributed by atoms with E-state index in [1.54, 1.807) is 0 Å². The van der Waals surface area contributed by atoms with Crippen molar-refractivity contribution >= 4 is 5.69 Å². The predicted molar refractivity (Wildman–Crippen MR) is 106 cm³/mol. The molecule has 24 heavy (non-hydrogen) atoms. The molecule has 0 atom stereocenters. The number of nitroso groups, excluding NO2 is 1. The number of hydrogen-bond donors (Lipinski definition) is 1. The van der Waals surface area contributed by atoms with Crippen LogP contribution in [0.2, 0.25) is 0 Å². The van der Waals surface area contributed by atoms with Crippen LogP contribution in [0.25, 0.3) is 0 Å². The van der Waals surface area contributed by atoms with Crippen LogP contribution in [-0.4, -0.2) is 6.54 Å². The molecule has 0 radical (unpaired) electrons. The van der Waals surface area contributed by atoms with Gasteiger partial charge in [0, 0.05) is 0 Å². The molecule has 0 saturated carbocycles. The lowest BCUT2D eigenvalue weighted by molar-refractivity contribution is 0.966. The summed E-state index contributed by atoms with van der Waals surface area (Å²) in [6.45, 7) is 12.5. The molecule has 0 fully saturated rings. The Hall–Kier alpha value is -2.00. The van der Waals surface area contributed by atoms with Crippen LogP contribution in [0, 0.1) is 18.8 Å². The van der Waals surface area contributed by atoms with Crippen LogP contribution in [0.5, 0.6) is 0 Å². The van der Waals surface area contributed by atoms with Crippen molar-refractivity contribution in [2.75, 3.05) is 6.54 Å². The predicted octanol–water partition coefficient (Wildman–Crippen LogP) is 5.85. The normalized spacial score (nSPS) is 9.29. The van der Waals surface area contributed by atoms with E-state index >= 15 is 0 Å². The van der Waals surface area contributed by atoms with Gasteiger partial charge in [0.2, 0.25) is 0 Å². The van der Waals surface area contributed by atoms with Gasteiger partial charge in [-0.15, -0.1) is 4.91 Å². The third-order valence-electron chi connectivity index (χ3n) is 3.51. The highest BCUT2D eigenvalue weighted by Gasteiger charge is 2.06. The van der Waals surface area contributed by atoms with Crippen molar-refractivity contribution in [2.45, 2.75) is 54.4 Å². The molecule has 2 N–H and O–H groups in total. The fourth-order valence-electron chi connectivity index (χ4n) is 2.52. The van der Waals surface area contributed by atoms with E-state index < -0.39 is 0 Å². The Morgan fingerprint density at radius 2 is 1.29 bits per heavy atom. The minimum absolute atomic E-state index is 0.562. The van der Waals surface area contributed by atoms with Crippen LogP contribution in [0.3, 0.4) is 0 Å². The van der Waals surface area contributed by atoms with Crippen molar-refractivity contribution in [2.24, 2.45) is 10.9 Å². The molecule has 2 rings (SSSR count). The van der Waals surface area contributed by atoms with E-state index in [2.05, 4.69) is 29.4 Å². The molecule has 0 aromatic heterocycles. The van der Waals surface area contributed by atoms with Gasteiger partial charge in [-0.25, -0.2) is 0 Å². The second-order valence-electron chi connectivity index (χ2n) is 5.20. The smallest absolute Gasteiger partial charge is 0.113 e. The zero-order valence-corrected chi connectivity index (χ0v) is 16.0. The van der Waals surface area contributed by atoms with Crippen molar-refractivity contribution in [3.8, 4) is 0 Å². The summed E-state index contributed by atoms with van der Waals surface area (Å²) >= 11 is 0. The van der Waals surface area contributed by atoms with Gasteiger partial charge >= 0.3 is 0 Å². The molecule has 3 heteroatoms. The number of benzene rings is 2. The first-order valence-electron chi connectivity index (χ1n) is 8.85. The van der Waals surface area contributed by atoms with Gasteiger partial charge in [-0.1, -0.05) is 64.1 Å². The van der Waals surface area contributed by atoms with Crippen LogP contribution >= 0.6 is 0 Å². The number of nitrogens with zero attached hydrogens (tertiary/aromatic N) is 1. The monoisotopic (exact) mass is 328 g/mol. The van der Waals surface area contributed by atoms with Gasteiger partial charge < -0.3 is 5.73 Å². The second-order valence-corrected chi connectivity index (χ2v) is 5.20. The highest BCUT2D eigenvalue weighted by molar-refractivity contribution is 5.54. The Morgan fingerprint density at radius 1 is 0.833 bits per heavy atom. The zero-order chi connectivity index (χ0) is 18.5. The van der Waals surface area contributed by atoms with Gasteiger partial charge in [0.25, 0.3) is 0 Å². The minimum atomic E-state index is 0.562. The molecule has 0 unspecified atom stereocenters. The Labute approximate surface area is 147 Å². The topological polar surface area (TPSA) is 55.4 Å². The summed E-state index contributed by atoms with van der Waals surface area (Å²) in [6, 6.07) is 12.6. The Bertz CT molecular complexity index is 581. The molecule has 0 heterocycles. The lowest BCUT2D eigenvalue weighted by Crippen LogP contribution is -2.02. The largest absolute Gasteiger partial charge is 0.330 e. The quantitative estimate of drug-likeness (QED) is 0.700. The molecule has 0 spiro atoms. The fraction of sp³-hybridized carbons (Fsp3) is 0.429. The first-order valence-corrected chi connectivity index (χ1v) is 8.85. The maximum absolute atomic E-state index is 10.8. The lowest BCUT2D eigenvalue weighted by Gasteiger charge is -2.08. The molecule has 2 aromatic carbocycles.